The molecule has 0 atom stereocenters. The summed E-state index contributed by atoms with van der Waals surface area (Å²) >= 11 is 0. The number of rotatable bonds is 3. The Morgan fingerprint density at radius 1 is 1.18 bits per heavy atom. The molecule has 0 N–H and O–H groups in total. The van der Waals surface area contributed by atoms with Gasteiger partial charge >= 0.3 is 0 Å². The molecule has 0 bridgehead atoms. The molecule has 0 amide bonds. The van der Waals surface area contributed by atoms with Crippen molar-refractivity contribution in [2.45, 2.75) is 19.3 Å². The number of allylic oxidation sites excluding steroid dienone is 3. The van der Waals surface area contributed by atoms with E-state index in [0.717, 1.165) is 6.42 Å². The standard InChI is InChI=1S/C10H16N/c1-2-3-4-5-8-11-9-6-7-10-11/h3-5,8H,1-2,6-7,9-10H2. The van der Waals surface area contributed by atoms with Gasteiger partial charge in [0.15, 0.2) is 0 Å². The normalized spacial score (nSPS) is 19.2. The van der Waals surface area contributed by atoms with Gasteiger partial charge in [-0.25, -0.2) is 0 Å². The molecule has 0 spiro atoms. The van der Waals surface area contributed by atoms with Crippen LogP contribution in [-0.2, 0) is 0 Å². The van der Waals surface area contributed by atoms with E-state index in [1.165, 1.54) is 25.9 Å². The van der Waals surface area contributed by atoms with Crippen LogP contribution in [0.1, 0.15) is 19.3 Å². The van der Waals surface area contributed by atoms with Crippen molar-refractivity contribution >= 4 is 0 Å². The lowest BCUT2D eigenvalue weighted by atomic mass is 10.4. The summed E-state index contributed by atoms with van der Waals surface area (Å²) in [6, 6.07) is 0. The molecule has 1 aliphatic heterocycles. The minimum absolute atomic E-state index is 0.879. The van der Waals surface area contributed by atoms with E-state index in [1.807, 2.05) is 0 Å². The Hall–Kier alpha value is -0.720. The van der Waals surface area contributed by atoms with Crippen LogP contribution in [0.25, 0.3) is 0 Å². The van der Waals surface area contributed by atoms with E-state index in [1.54, 1.807) is 0 Å². The van der Waals surface area contributed by atoms with Gasteiger partial charge in [-0.2, -0.15) is 0 Å². The second kappa shape index (κ2) is 5.00. The van der Waals surface area contributed by atoms with Crippen molar-refractivity contribution in [3.05, 3.63) is 31.4 Å². The molecule has 0 saturated carbocycles. The van der Waals surface area contributed by atoms with Gasteiger partial charge in [0.1, 0.15) is 0 Å². The van der Waals surface area contributed by atoms with Gasteiger partial charge in [-0.15, -0.1) is 0 Å². The Labute approximate surface area is 69.4 Å². The summed E-state index contributed by atoms with van der Waals surface area (Å²) in [6.07, 6.45) is 12.0. The van der Waals surface area contributed by atoms with Crippen LogP contribution in [0.2, 0.25) is 0 Å². The third-order valence-corrected chi connectivity index (χ3v) is 1.85. The monoisotopic (exact) mass is 150 g/mol. The molecule has 1 radical (unpaired) electrons. The van der Waals surface area contributed by atoms with Crippen molar-refractivity contribution < 1.29 is 0 Å². The summed E-state index contributed by atoms with van der Waals surface area (Å²) in [5.41, 5.74) is 0. The molecule has 0 unspecified atom stereocenters. The van der Waals surface area contributed by atoms with E-state index in [-0.39, 0.29) is 0 Å². The molecule has 1 rings (SSSR count). The van der Waals surface area contributed by atoms with Crippen LogP contribution in [0, 0.1) is 6.92 Å². The van der Waals surface area contributed by atoms with Gasteiger partial charge in [0.25, 0.3) is 0 Å². The van der Waals surface area contributed by atoms with E-state index in [0.29, 0.717) is 0 Å². The molecule has 1 heterocycles. The van der Waals surface area contributed by atoms with Crippen molar-refractivity contribution in [1.82, 2.24) is 4.90 Å². The second-order valence-corrected chi connectivity index (χ2v) is 2.80. The highest BCUT2D eigenvalue weighted by Crippen LogP contribution is 2.06. The van der Waals surface area contributed by atoms with Crippen molar-refractivity contribution in [2.24, 2.45) is 0 Å². The maximum Gasteiger partial charge on any atom is 0.0173 e. The van der Waals surface area contributed by atoms with E-state index >= 15 is 0 Å². The summed E-state index contributed by atoms with van der Waals surface area (Å²) < 4.78 is 0. The Kier molecular flexibility index (Phi) is 3.81. The maximum absolute atomic E-state index is 3.72. The molecule has 1 saturated heterocycles. The van der Waals surface area contributed by atoms with Crippen molar-refractivity contribution in [3.63, 3.8) is 0 Å². The summed E-state index contributed by atoms with van der Waals surface area (Å²) in [7, 11) is 0. The average molecular weight is 150 g/mol. The first-order chi connectivity index (χ1) is 5.43. The number of hydrogen-bond donors (Lipinski definition) is 0. The van der Waals surface area contributed by atoms with Crippen LogP contribution in [0.4, 0.5) is 0 Å². The minimum atomic E-state index is 0.879. The van der Waals surface area contributed by atoms with E-state index in [4.69, 9.17) is 0 Å². The Morgan fingerprint density at radius 2 is 1.91 bits per heavy atom. The third kappa shape index (κ3) is 3.26. The average Bonchev–Trinajstić information content (AvgIpc) is 2.50. The third-order valence-electron chi connectivity index (χ3n) is 1.85. The fourth-order valence-corrected chi connectivity index (χ4v) is 1.24. The molecule has 1 aliphatic rings. The molecule has 0 aromatic carbocycles. The highest BCUT2D eigenvalue weighted by molar-refractivity contribution is 5.02. The zero-order valence-corrected chi connectivity index (χ0v) is 7.00. The quantitative estimate of drug-likeness (QED) is 0.558. The summed E-state index contributed by atoms with van der Waals surface area (Å²) in [6.45, 7) is 6.18. The van der Waals surface area contributed by atoms with Gasteiger partial charge in [0.05, 0.1) is 0 Å². The van der Waals surface area contributed by atoms with E-state index < -0.39 is 0 Å². The highest BCUT2D eigenvalue weighted by Gasteiger charge is 2.04. The van der Waals surface area contributed by atoms with E-state index in [9.17, 15) is 0 Å². The highest BCUT2D eigenvalue weighted by atomic mass is 15.1. The largest absolute Gasteiger partial charge is 0.377 e. The van der Waals surface area contributed by atoms with Crippen LogP contribution in [0.3, 0.4) is 0 Å². The predicted octanol–water partition coefficient (Wildman–Crippen LogP) is 2.38. The minimum Gasteiger partial charge on any atom is -0.377 e. The number of nitrogens with zero attached hydrogens (tertiary/aromatic N) is 1. The van der Waals surface area contributed by atoms with Gasteiger partial charge < -0.3 is 4.90 Å². The van der Waals surface area contributed by atoms with Crippen molar-refractivity contribution in [3.8, 4) is 0 Å². The molecular weight excluding hydrogens is 134 g/mol. The van der Waals surface area contributed by atoms with E-state index in [2.05, 4.69) is 36.3 Å². The van der Waals surface area contributed by atoms with Crippen molar-refractivity contribution in [1.29, 1.82) is 0 Å². The SMILES string of the molecule is [CH2]CC=CC=CN1CCCC1. The number of hydrogen-bond acceptors (Lipinski definition) is 1. The summed E-state index contributed by atoms with van der Waals surface area (Å²) in [5, 5.41) is 0. The Balaban J connectivity index is 2.17. The second-order valence-electron chi connectivity index (χ2n) is 2.80. The van der Waals surface area contributed by atoms with Crippen LogP contribution in [0.5, 0.6) is 0 Å². The van der Waals surface area contributed by atoms with Gasteiger partial charge in [-0.1, -0.05) is 12.2 Å². The number of likely N-dealkylation sites (tertiary alicyclic amines) is 1. The lowest BCUT2D eigenvalue weighted by molar-refractivity contribution is 0.468. The maximum atomic E-state index is 3.72. The Morgan fingerprint density at radius 3 is 2.55 bits per heavy atom. The molecule has 61 valence electrons. The summed E-state index contributed by atoms with van der Waals surface area (Å²) in [4.78, 5) is 2.35. The zero-order chi connectivity index (χ0) is 7.94. The van der Waals surface area contributed by atoms with Gasteiger partial charge in [-0.05, 0) is 38.5 Å². The Bertz CT molecular complexity index is 141. The fraction of sp³-hybridized carbons (Fsp3) is 0.500. The lowest BCUT2D eigenvalue weighted by Crippen LogP contribution is -2.09. The van der Waals surface area contributed by atoms with Gasteiger partial charge in [0, 0.05) is 13.1 Å². The van der Waals surface area contributed by atoms with Crippen LogP contribution >= 0.6 is 0 Å². The van der Waals surface area contributed by atoms with Crippen LogP contribution < -0.4 is 0 Å². The molecule has 0 aromatic rings. The first-order valence-electron chi connectivity index (χ1n) is 4.30. The molecule has 0 aromatic heterocycles. The molecule has 1 nitrogen and oxygen atoms in total. The molecule has 1 heteroatoms. The van der Waals surface area contributed by atoms with Gasteiger partial charge in [-0.3, -0.25) is 0 Å². The van der Waals surface area contributed by atoms with Crippen LogP contribution in [-0.4, -0.2) is 18.0 Å². The summed E-state index contributed by atoms with van der Waals surface area (Å²) in [5.74, 6) is 0. The van der Waals surface area contributed by atoms with Crippen molar-refractivity contribution in [2.75, 3.05) is 13.1 Å². The zero-order valence-electron chi connectivity index (χ0n) is 7.00. The first kappa shape index (κ1) is 8.38. The van der Waals surface area contributed by atoms with Crippen LogP contribution in [0.15, 0.2) is 24.4 Å². The topological polar surface area (TPSA) is 3.24 Å². The molecular formula is C10H16N. The first-order valence-corrected chi connectivity index (χ1v) is 4.30. The molecule has 1 fully saturated rings. The molecule has 11 heavy (non-hydrogen) atoms. The smallest absolute Gasteiger partial charge is 0.0173 e. The fourth-order valence-electron chi connectivity index (χ4n) is 1.24. The predicted molar refractivity (Wildman–Crippen MR) is 49.1 cm³/mol. The van der Waals surface area contributed by atoms with Gasteiger partial charge in [0.2, 0.25) is 0 Å². The lowest BCUT2D eigenvalue weighted by Gasteiger charge is -2.08. The molecule has 0 aliphatic carbocycles.